The molecule has 3 fully saturated rings. The standard InChI is InChI=1S/C30H45N3O8/c1-18(35)31-19-9-11-33(16-19)27(37)15-23-24(36)6-7-25-29(23,2)10-8-26(30(25,3)17-34)41-28(38)32-20-12-21(39-4)14-22(13-20)40-5/h12-14,19,23-26,34,36H,6-11,15-17H2,1-5H3,(H,31,35)(H,32,38)/t19-,23+,24+,25-,26+,29-,30-/m0/s1. The molecule has 2 aliphatic carbocycles. The van der Waals surface area contributed by atoms with Gasteiger partial charge in [-0.3, -0.25) is 14.9 Å². The number of carbonyl (C=O) groups is 3. The quantitative estimate of drug-likeness (QED) is 0.370. The molecule has 0 spiro atoms. The highest BCUT2D eigenvalue weighted by atomic mass is 16.6. The summed E-state index contributed by atoms with van der Waals surface area (Å²) >= 11 is 0. The minimum Gasteiger partial charge on any atom is -0.497 e. The second-order valence-electron chi connectivity index (χ2n) is 12.4. The van der Waals surface area contributed by atoms with Gasteiger partial charge in [0, 0.05) is 56.1 Å². The number of hydrogen-bond donors (Lipinski definition) is 4. The maximum atomic E-state index is 13.4. The van der Waals surface area contributed by atoms with Crippen molar-refractivity contribution in [3.8, 4) is 11.5 Å². The number of nitrogens with one attached hydrogen (secondary N) is 2. The van der Waals surface area contributed by atoms with Gasteiger partial charge in [0.1, 0.15) is 17.6 Å². The predicted molar refractivity (Wildman–Crippen MR) is 152 cm³/mol. The number of fused-ring (bicyclic) bond motifs is 1. The van der Waals surface area contributed by atoms with Gasteiger partial charge < -0.3 is 34.6 Å². The van der Waals surface area contributed by atoms with Crippen molar-refractivity contribution in [1.82, 2.24) is 10.2 Å². The molecule has 3 amide bonds. The molecular formula is C30H45N3O8. The van der Waals surface area contributed by atoms with E-state index in [0.29, 0.717) is 62.4 Å². The third-order valence-electron chi connectivity index (χ3n) is 9.87. The Labute approximate surface area is 241 Å². The van der Waals surface area contributed by atoms with E-state index in [1.807, 2.05) is 6.92 Å². The minimum atomic E-state index is -0.762. The third-order valence-corrected chi connectivity index (χ3v) is 9.87. The summed E-state index contributed by atoms with van der Waals surface area (Å²) in [5, 5.41) is 27.5. The van der Waals surface area contributed by atoms with Crippen LogP contribution in [0.2, 0.25) is 0 Å². The summed E-state index contributed by atoms with van der Waals surface area (Å²) in [4.78, 5) is 39.6. The molecular weight excluding hydrogens is 530 g/mol. The fourth-order valence-electron chi connectivity index (χ4n) is 7.65. The van der Waals surface area contributed by atoms with Crippen LogP contribution in [0.1, 0.15) is 59.3 Å². The summed E-state index contributed by atoms with van der Waals surface area (Å²) in [6.07, 6.45) is 1.37. The number of amides is 3. The normalized spacial score (nSPS) is 33.0. The molecule has 41 heavy (non-hydrogen) atoms. The second-order valence-corrected chi connectivity index (χ2v) is 12.4. The number of ether oxygens (including phenoxy) is 3. The highest BCUT2D eigenvalue weighted by Crippen LogP contribution is 2.61. The number of methoxy groups -OCH3 is 2. The highest BCUT2D eigenvalue weighted by Gasteiger charge is 2.60. The highest BCUT2D eigenvalue weighted by molar-refractivity contribution is 5.85. The molecule has 228 valence electrons. The van der Waals surface area contributed by atoms with Crippen molar-refractivity contribution in [2.75, 3.05) is 39.2 Å². The molecule has 11 nitrogen and oxygen atoms in total. The molecule has 7 atom stereocenters. The Bertz CT molecular complexity index is 1110. The second kappa shape index (κ2) is 12.4. The molecule has 1 aliphatic heterocycles. The van der Waals surface area contributed by atoms with Crippen LogP contribution in [0.15, 0.2) is 18.2 Å². The van der Waals surface area contributed by atoms with Crippen molar-refractivity contribution in [2.45, 2.75) is 77.5 Å². The average Bonchev–Trinajstić information content (AvgIpc) is 3.40. The summed E-state index contributed by atoms with van der Waals surface area (Å²) < 4.78 is 16.5. The van der Waals surface area contributed by atoms with E-state index >= 15 is 0 Å². The van der Waals surface area contributed by atoms with Gasteiger partial charge in [0.25, 0.3) is 0 Å². The zero-order chi connectivity index (χ0) is 29.9. The van der Waals surface area contributed by atoms with Crippen molar-refractivity contribution in [3.63, 3.8) is 0 Å². The average molecular weight is 576 g/mol. The van der Waals surface area contributed by atoms with Gasteiger partial charge in [-0.1, -0.05) is 13.8 Å². The Hall–Kier alpha value is -3.05. The summed E-state index contributed by atoms with van der Waals surface area (Å²) in [5.41, 5.74) is -0.736. The van der Waals surface area contributed by atoms with Crippen LogP contribution in [-0.2, 0) is 14.3 Å². The van der Waals surface area contributed by atoms with Crippen molar-refractivity contribution in [2.24, 2.45) is 22.7 Å². The number of likely N-dealkylation sites (tertiary alicyclic amines) is 1. The number of aliphatic hydroxyl groups is 2. The predicted octanol–water partition coefficient (Wildman–Crippen LogP) is 2.93. The first-order chi connectivity index (χ1) is 19.4. The minimum absolute atomic E-state index is 0.0269. The van der Waals surface area contributed by atoms with Gasteiger partial charge in [-0.25, -0.2) is 4.79 Å². The van der Waals surface area contributed by atoms with E-state index in [1.165, 1.54) is 21.1 Å². The van der Waals surface area contributed by atoms with Gasteiger partial charge in [-0.15, -0.1) is 0 Å². The first-order valence-corrected chi connectivity index (χ1v) is 14.5. The first kappa shape index (κ1) is 30.9. The van der Waals surface area contributed by atoms with Gasteiger partial charge in [0.15, 0.2) is 0 Å². The van der Waals surface area contributed by atoms with Gasteiger partial charge >= 0.3 is 6.09 Å². The molecule has 3 aliphatic rings. The number of hydrogen-bond acceptors (Lipinski definition) is 8. The number of nitrogens with zero attached hydrogens (tertiary/aromatic N) is 1. The summed E-state index contributed by atoms with van der Waals surface area (Å²) in [6, 6.07) is 4.97. The van der Waals surface area contributed by atoms with Crippen LogP contribution < -0.4 is 20.1 Å². The maximum Gasteiger partial charge on any atom is 0.411 e. The molecule has 0 bridgehead atoms. The number of carbonyl (C=O) groups excluding carboxylic acids is 3. The van der Waals surface area contributed by atoms with Crippen molar-refractivity contribution >= 4 is 23.6 Å². The van der Waals surface area contributed by atoms with Crippen LogP contribution >= 0.6 is 0 Å². The zero-order valence-corrected chi connectivity index (χ0v) is 24.8. The van der Waals surface area contributed by atoms with E-state index in [-0.39, 0.29) is 42.7 Å². The van der Waals surface area contributed by atoms with E-state index < -0.39 is 29.1 Å². The lowest BCUT2D eigenvalue weighted by atomic mass is 9.46. The van der Waals surface area contributed by atoms with Crippen LogP contribution in [-0.4, -0.2) is 85.2 Å². The molecule has 1 aromatic carbocycles. The lowest BCUT2D eigenvalue weighted by Gasteiger charge is -2.60. The fraction of sp³-hybridized carbons (Fsp3) is 0.700. The number of benzene rings is 1. The molecule has 0 radical (unpaired) electrons. The lowest BCUT2D eigenvalue weighted by Crippen LogP contribution is -2.61. The monoisotopic (exact) mass is 575 g/mol. The molecule has 4 N–H and O–H groups in total. The Morgan fingerprint density at radius 2 is 1.73 bits per heavy atom. The third kappa shape index (κ3) is 6.40. The van der Waals surface area contributed by atoms with Crippen LogP contribution in [0.5, 0.6) is 11.5 Å². The van der Waals surface area contributed by atoms with Crippen LogP contribution in [0.4, 0.5) is 10.5 Å². The van der Waals surface area contributed by atoms with Gasteiger partial charge in [-0.05, 0) is 49.4 Å². The van der Waals surface area contributed by atoms with Gasteiger partial charge in [0.05, 0.1) is 32.6 Å². The van der Waals surface area contributed by atoms with E-state index in [0.717, 1.165) is 0 Å². The van der Waals surface area contributed by atoms with Gasteiger partial charge in [-0.2, -0.15) is 0 Å². The Balaban J connectivity index is 1.46. The molecule has 11 heteroatoms. The number of rotatable bonds is 8. The van der Waals surface area contributed by atoms with Crippen molar-refractivity contribution in [3.05, 3.63) is 18.2 Å². The topological polar surface area (TPSA) is 147 Å². The van der Waals surface area contributed by atoms with Crippen molar-refractivity contribution in [1.29, 1.82) is 0 Å². The molecule has 4 rings (SSSR count). The van der Waals surface area contributed by atoms with Crippen LogP contribution in [0.3, 0.4) is 0 Å². The lowest BCUT2D eigenvalue weighted by molar-refractivity contribution is -0.186. The van der Waals surface area contributed by atoms with Crippen molar-refractivity contribution < 1.29 is 38.8 Å². The Morgan fingerprint density at radius 3 is 2.34 bits per heavy atom. The largest absolute Gasteiger partial charge is 0.497 e. The molecule has 2 saturated carbocycles. The Kier molecular flexibility index (Phi) is 9.38. The van der Waals surface area contributed by atoms with E-state index in [1.54, 1.807) is 23.1 Å². The summed E-state index contributed by atoms with van der Waals surface area (Å²) in [7, 11) is 3.05. The van der Waals surface area contributed by atoms with E-state index in [2.05, 4.69) is 17.6 Å². The van der Waals surface area contributed by atoms with Gasteiger partial charge in [0.2, 0.25) is 11.8 Å². The van der Waals surface area contributed by atoms with Crippen LogP contribution in [0, 0.1) is 22.7 Å². The number of anilines is 1. The Morgan fingerprint density at radius 1 is 1.05 bits per heavy atom. The molecule has 0 aromatic heterocycles. The summed E-state index contributed by atoms with van der Waals surface area (Å²) in [6.45, 7) is 6.37. The maximum absolute atomic E-state index is 13.4. The fourth-order valence-corrected chi connectivity index (χ4v) is 7.65. The van der Waals surface area contributed by atoms with E-state index in [4.69, 9.17) is 14.2 Å². The molecule has 1 saturated heterocycles. The molecule has 0 unspecified atom stereocenters. The first-order valence-electron chi connectivity index (χ1n) is 14.5. The molecule has 1 heterocycles. The zero-order valence-electron chi connectivity index (χ0n) is 24.8. The van der Waals surface area contributed by atoms with Crippen LogP contribution in [0.25, 0.3) is 0 Å². The SMILES string of the molecule is COc1cc(NC(=O)O[C@@H]2CC[C@]3(C)[C@H](CC[C@@H](O)[C@H]3CC(=O)N3CC[C@H](NC(C)=O)C3)[C@]2(C)CO)cc(OC)c1. The molecule has 1 aromatic rings. The summed E-state index contributed by atoms with van der Waals surface area (Å²) in [5.74, 6) is 0.541. The number of aliphatic hydroxyl groups excluding tert-OH is 2. The van der Waals surface area contributed by atoms with E-state index in [9.17, 15) is 24.6 Å². The smallest absolute Gasteiger partial charge is 0.411 e.